The highest BCUT2D eigenvalue weighted by atomic mass is 16.4. The maximum atomic E-state index is 11.8. The molecule has 0 radical (unpaired) electrons. The minimum absolute atomic E-state index is 0.0150. The van der Waals surface area contributed by atoms with Gasteiger partial charge in [0, 0.05) is 5.56 Å². The quantitative estimate of drug-likeness (QED) is 0.732. The molecule has 86 valence electrons. The number of carbonyl (C=O) groups is 2. The largest absolute Gasteiger partial charge is 0.545 e. The van der Waals surface area contributed by atoms with Gasteiger partial charge in [0.05, 0.1) is 11.5 Å². The molecule has 0 spiro atoms. The lowest BCUT2D eigenvalue weighted by Crippen LogP contribution is -2.28. The zero-order valence-electron chi connectivity index (χ0n) is 8.53. The highest BCUT2D eigenvalue weighted by Gasteiger charge is 2.11. The number of amides is 1. The number of carbonyl (C=O) groups excluding carboxylic acids is 2. The van der Waals surface area contributed by atoms with Gasteiger partial charge in [0.1, 0.15) is 12.7 Å². The van der Waals surface area contributed by atoms with Crippen LogP contribution in [0, 0.1) is 0 Å². The summed E-state index contributed by atoms with van der Waals surface area (Å²) < 4.78 is 1.22. The molecule has 1 amide bonds. The molecule has 0 unspecified atom stereocenters. The standard InChI is InChI=1S/C10H8N4O3/c15-9(13-14-5-11-12-6-14)7-3-1-2-4-8(7)10(16)17/h1-6H,(H,13,15)(H,16,17)/p-1. The molecule has 1 N–H and O–H groups in total. The third-order valence-corrected chi connectivity index (χ3v) is 2.04. The third-order valence-electron chi connectivity index (χ3n) is 2.04. The smallest absolute Gasteiger partial charge is 0.270 e. The average molecular weight is 231 g/mol. The second-order valence-electron chi connectivity index (χ2n) is 3.14. The zero-order valence-corrected chi connectivity index (χ0v) is 8.53. The second kappa shape index (κ2) is 4.44. The number of hydrogen-bond acceptors (Lipinski definition) is 5. The zero-order chi connectivity index (χ0) is 12.3. The van der Waals surface area contributed by atoms with Gasteiger partial charge >= 0.3 is 0 Å². The van der Waals surface area contributed by atoms with Crippen molar-refractivity contribution in [3.8, 4) is 0 Å². The normalized spacial score (nSPS) is 9.88. The first-order valence-corrected chi connectivity index (χ1v) is 4.65. The van der Waals surface area contributed by atoms with E-state index in [1.807, 2.05) is 0 Å². The van der Waals surface area contributed by atoms with E-state index in [0.29, 0.717) is 0 Å². The molecular weight excluding hydrogens is 224 g/mol. The van der Waals surface area contributed by atoms with Gasteiger partial charge in [-0.1, -0.05) is 18.2 Å². The van der Waals surface area contributed by atoms with Gasteiger partial charge in [-0.25, -0.2) is 4.68 Å². The van der Waals surface area contributed by atoms with Crippen molar-refractivity contribution in [1.82, 2.24) is 14.9 Å². The van der Waals surface area contributed by atoms with Crippen LogP contribution in [0.3, 0.4) is 0 Å². The van der Waals surface area contributed by atoms with Gasteiger partial charge < -0.3 is 9.90 Å². The number of nitrogens with one attached hydrogen (secondary N) is 1. The summed E-state index contributed by atoms with van der Waals surface area (Å²) in [7, 11) is 0. The summed E-state index contributed by atoms with van der Waals surface area (Å²) in [6.07, 6.45) is 2.55. The predicted octanol–water partition coefficient (Wildman–Crippen LogP) is -0.975. The molecule has 7 heteroatoms. The van der Waals surface area contributed by atoms with E-state index in [1.54, 1.807) is 6.07 Å². The Labute approximate surface area is 95.7 Å². The van der Waals surface area contributed by atoms with Gasteiger partial charge in [-0.2, -0.15) is 0 Å². The van der Waals surface area contributed by atoms with Crippen molar-refractivity contribution in [3.05, 3.63) is 48.0 Å². The minimum atomic E-state index is -1.40. The number of aromatic nitrogens is 3. The van der Waals surface area contributed by atoms with Crippen LogP contribution in [0.2, 0.25) is 0 Å². The van der Waals surface area contributed by atoms with Gasteiger partial charge in [0.15, 0.2) is 0 Å². The molecule has 0 bridgehead atoms. The van der Waals surface area contributed by atoms with Crippen LogP contribution in [0.5, 0.6) is 0 Å². The maximum Gasteiger partial charge on any atom is 0.270 e. The Morgan fingerprint density at radius 2 is 1.71 bits per heavy atom. The topological polar surface area (TPSA) is 99.9 Å². The van der Waals surface area contributed by atoms with Crippen molar-refractivity contribution in [2.24, 2.45) is 0 Å². The summed E-state index contributed by atoms with van der Waals surface area (Å²) >= 11 is 0. The summed E-state index contributed by atoms with van der Waals surface area (Å²) in [5, 5.41) is 17.8. The number of hydrogen-bond donors (Lipinski definition) is 1. The van der Waals surface area contributed by atoms with Crippen LogP contribution < -0.4 is 10.5 Å². The second-order valence-corrected chi connectivity index (χ2v) is 3.14. The van der Waals surface area contributed by atoms with Gasteiger partial charge in [-0.3, -0.25) is 10.2 Å². The molecule has 17 heavy (non-hydrogen) atoms. The molecule has 2 aromatic rings. The van der Waals surface area contributed by atoms with E-state index in [-0.39, 0.29) is 11.1 Å². The fraction of sp³-hybridized carbons (Fsp3) is 0. The van der Waals surface area contributed by atoms with Crippen molar-refractivity contribution in [1.29, 1.82) is 0 Å². The van der Waals surface area contributed by atoms with Crippen molar-refractivity contribution >= 4 is 11.9 Å². The molecule has 0 saturated carbocycles. The number of carboxylic acids is 1. The number of aromatic carboxylic acids is 1. The first-order chi connectivity index (χ1) is 8.18. The molecule has 0 aliphatic carbocycles. The SMILES string of the molecule is O=C([O-])c1ccccc1C(=O)Nn1cnnc1. The van der Waals surface area contributed by atoms with E-state index in [2.05, 4.69) is 15.6 Å². The lowest BCUT2D eigenvalue weighted by molar-refractivity contribution is -0.255. The number of benzene rings is 1. The van der Waals surface area contributed by atoms with E-state index >= 15 is 0 Å². The maximum absolute atomic E-state index is 11.8. The lowest BCUT2D eigenvalue weighted by atomic mass is 10.1. The molecule has 7 nitrogen and oxygen atoms in total. The number of carboxylic acid groups (broad SMARTS) is 1. The van der Waals surface area contributed by atoms with Gasteiger partial charge in [-0.15, -0.1) is 10.2 Å². The third kappa shape index (κ3) is 2.28. The van der Waals surface area contributed by atoms with E-state index < -0.39 is 11.9 Å². The summed E-state index contributed by atoms with van der Waals surface area (Å²) in [5.74, 6) is -1.98. The molecule has 2 rings (SSSR count). The van der Waals surface area contributed by atoms with Gasteiger partial charge in [0.25, 0.3) is 5.91 Å². The van der Waals surface area contributed by atoms with Gasteiger partial charge in [0.2, 0.25) is 0 Å². The van der Waals surface area contributed by atoms with Crippen LogP contribution in [0.1, 0.15) is 20.7 Å². The highest BCUT2D eigenvalue weighted by Crippen LogP contribution is 2.07. The van der Waals surface area contributed by atoms with Crippen LogP contribution >= 0.6 is 0 Å². The average Bonchev–Trinajstić information content (AvgIpc) is 2.81. The first kappa shape index (κ1) is 10.8. The van der Waals surface area contributed by atoms with Crippen molar-refractivity contribution in [2.75, 3.05) is 5.43 Å². The summed E-state index contributed by atoms with van der Waals surface area (Å²) in [4.78, 5) is 22.6. The molecule has 1 heterocycles. The Kier molecular flexibility index (Phi) is 2.82. The number of nitrogens with zero attached hydrogens (tertiary/aromatic N) is 3. The first-order valence-electron chi connectivity index (χ1n) is 4.65. The van der Waals surface area contributed by atoms with E-state index in [9.17, 15) is 14.7 Å². The summed E-state index contributed by atoms with van der Waals surface area (Å²) in [6.45, 7) is 0. The van der Waals surface area contributed by atoms with Crippen LogP contribution in [-0.4, -0.2) is 26.7 Å². The molecule has 0 aliphatic rings. The van der Waals surface area contributed by atoms with Crippen LogP contribution in [0.4, 0.5) is 0 Å². The fourth-order valence-corrected chi connectivity index (χ4v) is 1.30. The minimum Gasteiger partial charge on any atom is -0.545 e. The Morgan fingerprint density at radius 1 is 1.12 bits per heavy atom. The molecule has 0 aliphatic heterocycles. The van der Waals surface area contributed by atoms with Crippen molar-refractivity contribution in [3.63, 3.8) is 0 Å². The molecular formula is C10H7N4O3-. The Morgan fingerprint density at radius 3 is 2.29 bits per heavy atom. The van der Waals surface area contributed by atoms with E-state index in [4.69, 9.17) is 0 Å². The van der Waals surface area contributed by atoms with Crippen molar-refractivity contribution < 1.29 is 14.7 Å². The highest BCUT2D eigenvalue weighted by molar-refractivity contribution is 6.07. The Bertz CT molecular complexity index is 550. The fourth-order valence-electron chi connectivity index (χ4n) is 1.30. The molecule has 0 atom stereocenters. The van der Waals surface area contributed by atoms with E-state index in [1.165, 1.54) is 35.5 Å². The van der Waals surface area contributed by atoms with E-state index in [0.717, 1.165) is 0 Å². The molecule has 0 saturated heterocycles. The van der Waals surface area contributed by atoms with Gasteiger partial charge in [-0.05, 0) is 6.07 Å². The molecule has 1 aromatic carbocycles. The Hall–Kier alpha value is -2.70. The Balaban J connectivity index is 2.28. The summed E-state index contributed by atoms with van der Waals surface area (Å²) in [5.41, 5.74) is 2.24. The van der Waals surface area contributed by atoms with Crippen LogP contribution in [-0.2, 0) is 0 Å². The molecule has 0 fully saturated rings. The summed E-state index contributed by atoms with van der Waals surface area (Å²) in [6, 6.07) is 5.77. The monoisotopic (exact) mass is 231 g/mol. The number of rotatable bonds is 3. The lowest BCUT2D eigenvalue weighted by Gasteiger charge is -2.10. The van der Waals surface area contributed by atoms with Crippen LogP contribution in [0.15, 0.2) is 36.9 Å². The molecule has 1 aromatic heterocycles. The van der Waals surface area contributed by atoms with Crippen molar-refractivity contribution in [2.45, 2.75) is 0 Å². The van der Waals surface area contributed by atoms with Crippen LogP contribution in [0.25, 0.3) is 0 Å². The predicted molar refractivity (Wildman–Crippen MR) is 54.5 cm³/mol.